The molecule has 6 heteroatoms. The van der Waals surface area contributed by atoms with Crippen molar-refractivity contribution in [1.82, 2.24) is 10.3 Å². The summed E-state index contributed by atoms with van der Waals surface area (Å²) in [5.74, 6) is 0.167. The molecule has 0 atom stereocenters. The van der Waals surface area contributed by atoms with E-state index in [1.54, 1.807) is 30.7 Å². The van der Waals surface area contributed by atoms with E-state index < -0.39 is 0 Å². The Balaban J connectivity index is 1.79. The standard InChI is InChI=1S/C18H17N3O3/c1-13(22)21(12-17(23)20-11-15-7-4-10-24-15)16-8-2-5-14-6-3-9-19-18(14)16/h2-10H,11-12H2,1H3,(H,20,23). The molecule has 122 valence electrons. The lowest BCUT2D eigenvalue weighted by atomic mass is 10.1. The third kappa shape index (κ3) is 3.43. The molecule has 3 rings (SSSR count). The summed E-state index contributed by atoms with van der Waals surface area (Å²) in [6, 6.07) is 12.8. The average molecular weight is 323 g/mol. The molecular weight excluding hydrogens is 306 g/mol. The number of aromatic nitrogens is 1. The molecule has 6 nitrogen and oxygen atoms in total. The second-order valence-electron chi connectivity index (χ2n) is 5.31. The number of nitrogens with one attached hydrogen (secondary N) is 1. The van der Waals surface area contributed by atoms with Crippen molar-refractivity contribution >= 4 is 28.4 Å². The van der Waals surface area contributed by atoms with Crippen LogP contribution in [0.5, 0.6) is 0 Å². The summed E-state index contributed by atoms with van der Waals surface area (Å²) in [4.78, 5) is 30.0. The summed E-state index contributed by atoms with van der Waals surface area (Å²) in [5, 5.41) is 3.66. The zero-order valence-corrected chi connectivity index (χ0v) is 13.2. The molecule has 0 bridgehead atoms. The Morgan fingerprint density at radius 1 is 1.17 bits per heavy atom. The number of furan rings is 1. The van der Waals surface area contributed by atoms with Crippen LogP contribution in [-0.2, 0) is 16.1 Å². The fourth-order valence-corrected chi connectivity index (χ4v) is 2.47. The first-order valence-electron chi connectivity index (χ1n) is 7.56. The van der Waals surface area contributed by atoms with Gasteiger partial charge in [0, 0.05) is 18.5 Å². The Kier molecular flexibility index (Phi) is 4.56. The summed E-state index contributed by atoms with van der Waals surface area (Å²) in [7, 11) is 0. The van der Waals surface area contributed by atoms with Gasteiger partial charge in [0.05, 0.1) is 24.0 Å². The van der Waals surface area contributed by atoms with E-state index in [9.17, 15) is 9.59 Å². The number of hydrogen-bond acceptors (Lipinski definition) is 4. The summed E-state index contributed by atoms with van der Waals surface area (Å²) in [6.45, 7) is 1.64. The van der Waals surface area contributed by atoms with Crippen LogP contribution in [0, 0.1) is 0 Å². The zero-order chi connectivity index (χ0) is 16.9. The molecule has 0 spiro atoms. The number of para-hydroxylation sites is 1. The Morgan fingerprint density at radius 3 is 2.75 bits per heavy atom. The molecule has 0 unspecified atom stereocenters. The van der Waals surface area contributed by atoms with E-state index in [0.29, 0.717) is 17.0 Å². The molecule has 0 aliphatic rings. The fraction of sp³-hybridized carbons (Fsp3) is 0.167. The SMILES string of the molecule is CC(=O)N(CC(=O)NCc1ccco1)c1cccc2cccnc12. The van der Waals surface area contributed by atoms with Gasteiger partial charge in [0.15, 0.2) is 0 Å². The summed E-state index contributed by atoms with van der Waals surface area (Å²) < 4.78 is 5.17. The quantitative estimate of drug-likeness (QED) is 0.783. The number of rotatable bonds is 5. The number of fused-ring (bicyclic) bond motifs is 1. The Labute approximate surface area is 139 Å². The number of carbonyl (C=O) groups excluding carboxylic acids is 2. The van der Waals surface area contributed by atoms with Gasteiger partial charge in [-0.2, -0.15) is 0 Å². The van der Waals surface area contributed by atoms with Gasteiger partial charge in [0.2, 0.25) is 11.8 Å². The lowest BCUT2D eigenvalue weighted by Gasteiger charge is -2.21. The highest BCUT2D eigenvalue weighted by Crippen LogP contribution is 2.24. The van der Waals surface area contributed by atoms with Crippen molar-refractivity contribution in [2.24, 2.45) is 0 Å². The van der Waals surface area contributed by atoms with Crippen LogP contribution in [-0.4, -0.2) is 23.3 Å². The maximum Gasteiger partial charge on any atom is 0.240 e. The molecule has 0 aliphatic heterocycles. The molecule has 2 amide bonds. The Morgan fingerprint density at radius 2 is 2.00 bits per heavy atom. The summed E-state index contributed by atoms with van der Waals surface area (Å²) in [5.41, 5.74) is 1.31. The monoisotopic (exact) mass is 323 g/mol. The predicted molar refractivity (Wildman–Crippen MR) is 90.3 cm³/mol. The van der Waals surface area contributed by atoms with Crippen molar-refractivity contribution in [3.05, 3.63) is 60.7 Å². The zero-order valence-electron chi connectivity index (χ0n) is 13.2. The van der Waals surface area contributed by atoms with Crippen LogP contribution in [0.4, 0.5) is 5.69 Å². The van der Waals surface area contributed by atoms with Crippen molar-refractivity contribution in [1.29, 1.82) is 0 Å². The number of nitrogens with zero attached hydrogens (tertiary/aromatic N) is 2. The summed E-state index contributed by atoms with van der Waals surface area (Å²) >= 11 is 0. The molecular formula is C18H17N3O3. The second-order valence-corrected chi connectivity index (χ2v) is 5.31. The van der Waals surface area contributed by atoms with Gasteiger partial charge in [-0.1, -0.05) is 18.2 Å². The third-order valence-electron chi connectivity index (χ3n) is 3.62. The molecule has 0 radical (unpaired) electrons. The van der Waals surface area contributed by atoms with Crippen molar-refractivity contribution in [3.63, 3.8) is 0 Å². The topological polar surface area (TPSA) is 75.4 Å². The molecule has 1 N–H and O–H groups in total. The van der Waals surface area contributed by atoms with Crippen LogP contribution in [0.2, 0.25) is 0 Å². The first-order valence-corrected chi connectivity index (χ1v) is 7.56. The van der Waals surface area contributed by atoms with E-state index >= 15 is 0 Å². The maximum atomic E-state index is 12.2. The first-order chi connectivity index (χ1) is 11.6. The minimum Gasteiger partial charge on any atom is -0.467 e. The highest BCUT2D eigenvalue weighted by Gasteiger charge is 2.18. The molecule has 0 fully saturated rings. The minimum absolute atomic E-state index is 0.0776. The largest absolute Gasteiger partial charge is 0.467 e. The van der Waals surface area contributed by atoms with E-state index in [-0.39, 0.29) is 24.9 Å². The van der Waals surface area contributed by atoms with Crippen molar-refractivity contribution in [2.75, 3.05) is 11.4 Å². The minimum atomic E-state index is -0.269. The van der Waals surface area contributed by atoms with Gasteiger partial charge in [0.1, 0.15) is 12.3 Å². The number of pyridine rings is 1. The van der Waals surface area contributed by atoms with Gasteiger partial charge in [0.25, 0.3) is 0 Å². The molecule has 0 saturated heterocycles. The van der Waals surface area contributed by atoms with Crippen LogP contribution >= 0.6 is 0 Å². The van der Waals surface area contributed by atoms with Gasteiger partial charge >= 0.3 is 0 Å². The normalized spacial score (nSPS) is 10.5. The molecule has 1 aromatic carbocycles. The van der Waals surface area contributed by atoms with Crippen LogP contribution in [0.15, 0.2) is 59.3 Å². The number of amides is 2. The van der Waals surface area contributed by atoms with Gasteiger partial charge < -0.3 is 14.6 Å². The predicted octanol–water partition coefficient (Wildman–Crippen LogP) is 2.50. The second kappa shape index (κ2) is 6.95. The van der Waals surface area contributed by atoms with Crippen LogP contribution < -0.4 is 10.2 Å². The smallest absolute Gasteiger partial charge is 0.240 e. The van der Waals surface area contributed by atoms with Gasteiger partial charge in [-0.15, -0.1) is 0 Å². The highest BCUT2D eigenvalue weighted by molar-refractivity contribution is 6.04. The van der Waals surface area contributed by atoms with E-state index in [2.05, 4.69) is 10.3 Å². The number of hydrogen-bond donors (Lipinski definition) is 1. The highest BCUT2D eigenvalue weighted by atomic mass is 16.3. The third-order valence-corrected chi connectivity index (χ3v) is 3.62. The van der Waals surface area contributed by atoms with Crippen molar-refractivity contribution in [3.8, 4) is 0 Å². The van der Waals surface area contributed by atoms with Gasteiger partial charge in [-0.25, -0.2) is 0 Å². The first kappa shape index (κ1) is 15.7. The van der Waals surface area contributed by atoms with Crippen molar-refractivity contribution in [2.45, 2.75) is 13.5 Å². The maximum absolute atomic E-state index is 12.2. The van der Waals surface area contributed by atoms with Crippen LogP contribution in [0.25, 0.3) is 10.9 Å². The van der Waals surface area contributed by atoms with Crippen molar-refractivity contribution < 1.29 is 14.0 Å². The van der Waals surface area contributed by atoms with Gasteiger partial charge in [-0.05, 0) is 24.3 Å². The summed E-state index contributed by atoms with van der Waals surface area (Å²) in [6.07, 6.45) is 3.21. The molecule has 2 heterocycles. The van der Waals surface area contributed by atoms with Crippen LogP contribution in [0.1, 0.15) is 12.7 Å². The Hall–Kier alpha value is -3.15. The van der Waals surface area contributed by atoms with Crippen LogP contribution in [0.3, 0.4) is 0 Å². The number of benzene rings is 1. The lowest BCUT2D eigenvalue weighted by Crippen LogP contribution is -2.39. The van der Waals surface area contributed by atoms with E-state index in [4.69, 9.17) is 4.42 Å². The molecule has 0 aliphatic carbocycles. The fourth-order valence-electron chi connectivity index (χ4n) is 2.47. The van der Waals surface area contributed by atoms with E-state index in [1.165, 1.54) is 11.8 Å². The van der Waals surface area contributed by atoms with Gasteiger partial charge in [-0.3, -0.25) is 14.6 Å². The molecule has 24 heavy (non-hydrogen) atoms. The Bertz CT molecular complexity index is 854. The molecule has 2 aromatic heterocycles. The average Bonchev–Trinajstić information content (AvgIpc) is 3.11. The number of anilines is 1. The lowest BCUT2D eigenvalue weighted by molar-refractivity contribution is -0.123. The molecule has 0 saturated carbocycles. The van der Waals surface area contributed by atoms with E-state index in [1.807, 2.05) is 24.3 Å². The molecule has 3 aromatic rings. The number of carbonyl (C=O) groups is 2. The van der Waals surface area contributed by atoms with E-state index in [0.717, 1.165) is 5.39 Å².